The number of aromatic nitrogens is 2. The summed E-state index contributed by atoms with van der Waals surface area (Å²) in [5.41, 5.74) is 2.18. The van der Waals surface area contributed by atoms with Gasteiger partial charge in [0.1, 0.15) is 15.7 Å². The predicted molar refractivity (Wildman–Crippen MR) is 103 cm³/mol. The molecule has 4 aromatic rings. The molecule has 26 heavy (non-hydrogen) atoms. The third-order valence-corrected chi connectivity index (χ3v) is 5.42. The summed E-state index contributed by atoms with van der Waals surface area (Å²) in [5.74, 6) is -0.666. The van der Waals surface area contributed by atoms with E-state index in [9.17, 15) is 9.18 Å². The van der Waals surface area contributed by atoms with Crippen LogP contribution in [0.25, 0.3) is 21.8 Å². The van der Waals surface area contributed by atoms with Crippen LogP contribution in [0.2, 0.25) is 0 Å². The number of halogens is 1. The molecular weight excluding hydrogens is 369 g/mol. The van der Waals surface area contributed by atoms with Gasteiger partial charge in [0.2, 0.25) is 0 Å². The molecule has 7 heteroatoms. The van der Waals surface area contributed by atoms with Crippen LogP contribution in [-0.2, 0) is 0 Å². The van der Waals surface area contributed by atoms with Crippen LogP contribution in [0.5, 0.6) is 0 Å². The standard InChI is InChI=1S/C19H12FN3OS2/c20-14-9-5-4-8-13(14)18-21-10-16(26-18)17(24)23-19-22-15(11-25-19)12-6-2-1-3-7-12/h1-11H,(H,22,23,24). The molecular formula is C19H12FN3OS2. The molecule has 1 N–H and O–H groups in total. The number of thiazole rings is 2. The summed E-state index contributed by atoms with van der Waals surface area (Å²) in [6.45, 7) is 0. The minimum absolute atomic E-state index is 0.306. The molecule has 2 aromatic carbocycles. The van der Waals surface area contributed by atoms with Gasteiger partial charge in [-0.2, -0.15) is 0 Å². The van der Waals surface area contributed by atoms with Gasteiger partial charge < -0.3 is 0 Å². The predicted octanol–water partition coefficient (Wildman–Crippen LogP) is 5.33. The van der Waals surface area contributed by atoms with Gasteiger partial charge in [-0.05, 0) is 12.1 Å². The first-order chi connectivity index (χ1) is 12.7. The molecule has 0 spiro atoms. The molecule has 0 aliphatic heterocycles. The molecule has 4 rings (SSSR count). The van der Waals surface area contributed by atoms with Crippen molar-refractivity contribution in [1.82, 2.24) is 9.97 Å². The third kappa shape index (κ3) is 3.40. The van der Waals surface area contributed by atoms with Gasteiger partial charge in [0.25, 0.3) is 5.91 Å². The normalized spacial score (nSPS) is 10.7. The molecule has 1 amide bonds. The van der Waals surface area contributed by atoms with E-state index in [1.165, 1.54) is 23.6 Å². The molecule has 4 nitrogen and oxygen atoms in total. The molecule has 0 atom stereocenters. The van der Waals surface area contributed by atoms with E-state index in [1.54, 1.807) is 18.2 Å². The minimum Gasteiger partial charge on any atom is -0.297 e. The Morgan fingerprint density at radius 1 is 1.04 bits per heavy atom. The molecule has 0 saturated carbocycles. The van der Waals surface area contributed by atoms with Gasteiger partial charge in [-0.15, -0.1) is 22.7 Å². The van der Waals surface area contributed by atoms with Crippen molar-refractivity contribution in [2.45, 2.75) is 0 Å². The molecule has 0 unspecified atom stereocenters. The number of benzene rings is 2. The van der Waals surface area contributed by atoms with Crippen LogP contribution < -0.4 is 5.32 Å². The second-order valence-corrected chi connectivity index (χ2v) is 7.26. The van der Waals surface area contributed by atoms with E-state index in [0.29, 0.717) is 20.6 Å². The Morgan fingerprint density at radius 2 is 1.81 bits per heavy atom. The van der Waals surface area contributed by atoms with Crippen molar-refractivity contribution in [2.75, 3.05) is 5.32 Å². The Hall–Kier alpha value is -2.90. The van der Waals surface area contributed by atoms with Gasteiger partial charge in [0.15, 0.2) is 5.13 Å². The summed E-state index contributed by atoms with van der Waals surface area (Å²) in [4.78, 5) is 21.4. The van der Waals surface area contributed by atoms with Gasteiger partial charge in [-0.1, -0.05) is 42.5 Å². The van der Waals surface area contributed by atoms with Crippen molar-refractivity contribution in [3.63, 3.8) is 0 Å². The van der Waals surface area contributed by atoms with E-state index in [1.807, 2.05) is 35.7 Å². The molecule has 0 aliphatic rings. The lowest BCUT2D eigenvalue weighted by molar-refractivity contribution is 0.103. The third-order valence-electron chi connectivity index (χ3n) is 3.63. The Kier molecular flexibility index (Phi) is 4.55. The summed E-state index contributed by atoms with van der Waals surface area (Å²) < 4.78 is 13.9. The number of carbonyl (C=O) groups excluding carboxylic acids is 1. The first-order valence-electron chi connectivity index (χ1n) is 7.74. The molecule has 0 bridgehead atoms. The molecule has 128 valence electrons. The first kappa shape index (κ1) is 16.6. The molecule has 0 aliphatic carbocycles. The number of amides is 1. The second-order valence-electron chi connectivity index (χ2n) is 5.37. The summed E-state index contributed by atoms with van der Waals surface area (Å²) in [7, 11) is 0. The average molecular weight is 381 g/mol. The molecule has 0 saturated heterocycles. The molecule has 0 fully saturated rings. The number of carbonyl (C=O) groups is 1. The minimum atomic E-state index is -0.360. The highest BCUT2D eigenvalue weighted by Crippen LogP contribution is 2.29. The summed E-state index contributed by atoms with van der Waals surface area (Å²) in [6, 6.07) is 16.1. The molecule has 2 heterocycles. The van der Waals surface area contributed by atoms with Crippen LogP contribution in [0.3, 0.4) is 0 Å². The van der Waals surface area contributed by atoms with Crippen molar-refractivity contribution in [3.05, 3.63) is 76.9 Å². The number of anilines is 1. The van der Waals surface area contributed by atoms with Crippen LogP contribution in [0, 0.1) is 5.82 Å². The van der Waals surface area contributed by atoms with Gasteiger partial charge in [-0.25, -0.2) is 14.4 Å². The fourth-order valence-electron chi connectivity index (χ4n) is 2.37. The van der Waals surface area contributed by atoms with Crippen LogP contribution in [0.15, 0.2) is 66.2 Å². The second kappa shape index (κ2) is 7.15. The lowest BCUT2D eigenvalue weighted by atomic mass is 10.2. The zero-order chi connectivity index (χ0) is 17.9. The maximum Gasteiger partial charge on any atom is 0.269 e. The van der Waals surface area contributed by atoms with Gasteiger partial charge >= 0.3 is 0 Å². The Labute approximate surface area is 157 Å². The van der Waals surface area contributed by atoms with E-state index < -0.39 is 0 Å². The zero-order valence-electron chi connectivity index (χ0n) is 13.3. The number of hydrogen-bond acceptors (Lipinski definition) is 5. The van der Waals surface area contributed by atoms with E-state index in [-0.39, 0.29) is 11.7 Å². The van der Waals surface area contributed by atoms with Crippen molar-refractivity contribution >= 4 is 33.7 Å². The largest absolute Gasteiger partial charge is 0.297 e. The summed E-state index contributed by atoms with van der Waals surface area (Å²) in [6.07, 6.45) is 1.45. The van der Waals surface area contributed by atoms with E-state index >= 15 is 0 Å². The summed E-state index contributed by atoms with van der Waals surface area (Å²) in [5, 5.41) is 5.64. The Balaban J connectivity index is 1.51. The van der Waals surface area contributed by atoms with Crippen molar-refractivity contribution < 1.29 is 9.18 Å². The van der Waals surface area contributed by atoms with Crippen molar-refractivity contribution in [2.24, 2.45) is 0 Å². The zero-order valence-corrected chi connectivity index (χ0v) is 15.0. The quantitative estimate of drug-likeness (QED) is 0.520. The van der Waals surface area contributed by atoms with Gasteiger partial charge in [0, 0.05) is 16.5 Å². The fraction of sp³-hybridized carbons (Fsp3) is 0. The van der Waals surface area contributed by atoms with Gasteiger partial charge in [-0.3, -0.25) is 10.1 Å². The van der Waals surface area contributed by atoms with E-state index in [4.69, 9.17) is 0 Å². The Morgan fingerprint density at radius 3 is 2.62 bits per heavy atom. The van der Waals surface area contributed by atoms with Crippen molar-refractivity contribution in [3.8, 4) is 21.8 Å². The van der Waals surface area contributed by atoms with Gasteiger partial charge in [0.05, 0.1) is 11.9 Å². The number of rotatable bonds is 4. The average Bonchev–Trinajstić information content (AvgIpc) is 3.33. The van der Waals surface area contributed by atoms with Crippen LogP contribution in [0.4, 0.5) is 9.52 Å². The smallest absolute Gasteiger partial charge is 0.269 e. The van der Waals surface area contributed by atoms with Crippen molar-refractivity contribution in [1.29, 1.82) is 0 Å². The van der Waals surface area contributed by atoms with Crippen LogP contribution in [0.1, 0.15) is 9.67 Å². The maximum atomic E-state index is 13.9. The lowest BCUT2D eigenvalue weighted by Gasteiger charge is -1.99. The SMILES string of the molecule is O=C(Nc1nc(-c2ccccc2)cs1)c1cnc(-c2ccccc2F)s1. The topological polar surface area (TPSA) is 54.9 Å². The number of nitrogens with one attached hydrogen (secondary N) is 1. The van der Waals surface area contributed by atoms with Crippen LogP contribution >= 0.6 is 22.7 Å². The fourth-order valence-corrected chi connectivity index (χ4v) is 3.92. The monoisotopic (exact) mass is 381 g/mol. The number of hydrogen-bond donors (Lipinski definition) is 1. The first-order valence-corrected chi connectivity index (χ1v) is 9.43. The van der Waals surface area contributed by atoms with E-state index in [2.05, 4.69) is 15.3 Å². The maximum absolute atomic E-state index is 13.9. The highest BCUT2D eigenvalue weighted by atomic mass is 32.1. The van der Waals surface area contributed by atoms with Crippen LogP contribution in [-0.4, -0.2) is 15.9 Å². The highest BCUT2D eigenvalue weighted by Gasteiger charge is 2.15. The molecule has 2 aromatic heterocycles. The molecule has 0 radical (unpaired) electrons. The highest BCUT2D eigenvalue weighted by molar-refractivity contribution is 7.17. The lowest BCUT2D eigenvalue weighted by Crippen LogP contribution is -2.09. The number of nitrogens with zero attached hydrogens (tertiary/aromatic N) is 2. The summed E-state index contributed by atoms with van der Waals surface area (Å²) >= 11 is 2.50. The van der Waals surface area contributed by atoms with E-state index in [0.717, 1.165) is 22.6 Å². The Bertz CT molecular complexity index is 1060.